The van der Waals surface area contributed by atoms with Crippen molar-refractivity contribution in [3.8, 4) is 0 Å². The van der Waals surface area contributed by atoms with Crippen LogP contribution >= 0.6 is 24.0 Å². The monoisotopic (exact) mass is 456 g/mol. The molecule has 0 aliphatic carbocycles. The van der Waals surface area contributed by atoms with E-state index in [9.17, 15) is 9.59 Å². The maximum absolute atomic E-state index is 13.6. The highest BCUT2D eigenvalue weighted by Crippen LogP contribution is 2.34. The van der Waals surface area contributed by atoms with Gasteiger partial charge >= 0.3 is 0 Å². The van der Waals surface area contributed by atoms with E-state index in [0.29, 0.717) is 44.6 Å². The van der Waals surface area contributed by atoms with Crippen LogP contribution in [0.1, 0.15) is 44.7 Å². The van der Waals surface area contributed by atoms with Gasteiger partial charge in [0.1, 0.15) is 15.8 Å². The molecule has 0 bridgehead atoms. The first-order chi connectivity index (χ1) is 14.8. The number of thiocarbonyl (C=S) groups is 1. The Kier molecular flexibility index (Phi) is 6.21. The SMILES string of the molecule is CCCN1C(=O)/C(=C/c2c(N3C[C@@H](C)C[C@H](C)C3)nc3c(C)cccn3c2=O)SC1=S. The standard InChI is InChI=1S/C23H28N4O2S2/c1-5-8-27-22(29)18(31-23(27)30)11-17-20(25-12-14(2)10-15(3)13-25)24-19-16(4)7-6-9-26(19)21(17)28/h6-7,9,11,14-15H,5,8,10,12-13H2,1-4H3/b18-11-/t14-,15-/m0/s1. The fraction of sp³-hybridized carbons (Fsp3) is 0.478. The van der Waals surface area contributed by atoms with E-state index in [1.165, 1.54) is 11.8 Å². The van der Waals surface area contributed by atoms with Crippen molar-refractivity contribution in [2.24, 2.45) is 11.8 Å². The van der Waals surface area contributed by atoms with E-state index >= 15 is 0 Å². The van der Waals surface area contributed by atoms with Crippen molar-refractivity contribution in [3.63, 3.8) is 0 Å². The fourth-order valence-electron chi connectivity index (χ4n) is 4.55. The van der Waals surface area contributed by atoms with Crippen molar-refractivity contribution >= 4 is 51.7 Å². The van der Waals surface area contributed by atoms with Gasteiger partial charge in [-0.3, -0.25) is 18.9 Å². The molecule has 4 rings (SSSR count). The summed E-state index contributed by atoms with van der Waals surface area (Å²) in [5.41, 5.74) is 1.90. The fourth-order valence-corrected chi connectivity index (χ4v) is 5.84. The van der Waals surface area contributed by atoms with Crippen LogP contribution in [-0.2, 0) is 4.79 Å². The lowest BCUT2D eigenvalue weighted by Crippen LogP contribution is -2.40. The molecule has 0 unspecified atom stereocenters. The molecule has 0 N–H and O–H groups in total. The molecule has 1 amide bonds. The smallest absolute Gasteiger partial charge is 0.267 e. The van der Waals surface area contributed by atoms with E-state index in [1.807, 2.05) is 26.0 Å². The molecule has 6 nitrogen and oxygen atoms in total. The molecule has 31 heavy (non-hydrogen) atoms. The van der Waals surface area contributed by atoms with Crippen LogP contribution in [0.3, 0.4) is 0 Å². The quantitative estimate of drug-likeness (QED) is 0.510. The molecule has 2 aromatic rings. The Labute approximate surface area is 192 Å². The molecule has 2 aliphatic heterocycles. The highest BCUT2D eigenvalue weighted by Gasteiger charge is 2.33. The normalized spacial score (nSPS) is 23.4. The van der Waals surface area contributed by atoms with Gasteiger partial charge in [0.25, 0.3) is 11.5 Å². The number of anilines is 1. The van der Waals surface area contributed by atoms with Crippen LogP contribution in [-0.4, -0.2) is 44.1 Å². The highest BCUT2D eigenvalue weighted by atomic mass is 32.2. The number of piperidine rings is 1. The van der Waals surface area contributed by atoms with Crippen molar-refractivity contribution < 1.29 is 4.79 Å². The van der Waals surface area contributed by atoms with Crippen LogP contribution in [0, 0.1) is 18.8 Å². The first kappa shape index (κ1) is 22.0. The Morgan fingerprint density at radius 1 is 1.26 bits per heavy atom. The number of carbonyl (C=O) groups excluding carboxylic acids is 1. The van der Waals surface area contributed by atoms with E-state index in [2.05, 4.69) is 18.7 Å². The predicted octanol–water partition coefficient (Wildman–Crippen LogP) is 4.10. The van der Waals surface area contributed by atoms with E-state index < -0.39 is 0 Å². The van der Waals surface area contributed by atoms with Gasteiger partial charge in [-0.1, -0.05) is 50.8 Å². The summed E-state index contributed by atoms with van der Waals surface area (Å²) in [6, 6.07) is 3.81. The lowest BCUT2D eigenvalue weighted by molar-refractivity contribution is -0.122. The Bertz CT molecular complexity index is 1130. The number of nitrogens with zero attached hydrogens (tertiary/aromatic N) is 4. The van der Waals surface area contributed by atoms with Crippen LogP contribution in [0.25, 0.3) is 11.7 Å². The van der Waals surface area contributed by atoms with Crippen molar-refractivity contribution in [2.75, 3.05) is 24.5 Å². The molecule has 0 spiro atoms. The number of amides is 1. The Hall–Kier alpha value is -2.19. The number of thioether (sulfide) groups is 1. The number of fused-ring (bicyclic) bond motifs is 1. The summed E-state index contributed by atoms with van der Waals surface area (Å²) in [4.78, 5) is 35.8. The van der Waals surface area contributed by atoms with Crippen LogP contribution < -0.4 is 10.5 Å². The minimum absolute atomic E-state index is 0.128. The van der Waals surface area contributed by atoms with Gasteiger partial charge in [-0.2, -0.15) is 0 Å². The number of hydrogen-bond acceptors (Lipinski definition) is 6. The second kappa shape index (κ2) is 8.74. The van der Waals surface area contributed by atoms with Crippen molar-refractivity contribution in [1.82, 2.24) is 14.3 Å². The van der Waals surface area contributed by atoms with Crippen molar-refractivity contribution in [3.05, 3.63) is 44.7 Å². The average molecular weight is 457 g/mol. The molecule has 2 fully saturated rings. The van der Waals surface area contributed by atoms with Gasteiger partial charge in [-0.15, -0.1) is 0 Å². The van der Waals surface area contributed by atoms with E-state index in [0.717, 1.165) is 31.5 Å². The van der Waals surface area contributed by atoms with Gasteiger partial charge in [0.15, 0.2) is 0 Å². The molecule has 164 valence electrons. The Balaban J connectivity index is 1.89. The van der Waals surface area contributed by atoms with E-state index in [1.54, 1.807) is 21.6 Å². The van der Waals surface area contributed by atoms with Crippen molar-refractivity contribution in [1.29, 1.82) is 0 Å². The summed E-state index contributed by atoms with van der Waals surface area (Å²) in [6.07, 6.45) is 5.43. The Morgan fingerprint density at radius 2 is 1.97 bits per heavy atom. The molecule has 0 aromatic carbocycles. The zero-order chi connectivity index (χ0) is 22.3. The maximum Gasteiger partial charge on any atom is 0.267 e. The highest BCUT2D eigenvalue weighted by molar-refractivity contribution is 8.26. The van der Waals surface area contributed by atoms with Crippen LogP contribution in [0.2, 0.25) is 0 Å². The van der Waals surface area contributed by atoms with Gasteiger partial charge in [-0.05, 0) is 49.3 Å². The van der Waals surface area contributed by atoms with Gasteiger partial charge in [0.05, 0.1) is 10.5 Å². The van der Waals surface area contributed by atoms with Crippen LogP contribution in [0.5, 0.6) is 0 Å². The summed E-state index contributed by atoms with van der Waals surface area (Å²) in [7, 11) is 0. The molecule has 2 saturated heterocycles. The maximum atomic E-state index is 13.6. The van der Waals surface area contributed by atoms with Gasteiger partial charge in [0.2, 0.25) is 0 Å². The van der Waals surface area contributed by atoms with Gasteiger partial charge in [-0.25, -0.2) is 4.98 Å². The summed E-state index contributed by atoms with van der Waals surface area (Å²) >= 11 is 6.67. The zero-order valence-corrected chi connectivity index (χ0v) is 20.1. The third-order valence-electron chi connectivity index (χ3n) is 5.83. The molecule has 0 radical (unpaired) electrons. The molecule has 4 heterocycles. The van der Waals surface area contributed by atoms with E-state index in [-0.39, 0.29) is 11.5 Å². The molecular formula is C23H28N4O2S2. The molecular weight excluding hydrogens is 428 g/mol. The third kappa shape index (κ3) is 4.15. The number of aryl methyl sites for hydroxylation is 1. The summed E-state index contributed by atoms with van der Waals surface area (Å²) in [5.74, 6) is 1.56. The molecule has 8 heteroatoms. The first-order valence-corrected chi connectivity index (χ1v) is 12.0. The second-order valence-corrected chi connectivity index (χ2v) is 10.4. The largest absolute Gasteiger partial charge is 0.355 e. The number of hydrogen-bond donors (Lipinski definition) is 0. The molecule has 2 atom stereocenters. The predicted molar refractivity (Wildman–Crippen MR) is 132 cm³/mol. The van der Waals surface area contributed by atoms with Crippen molar-refractivity contribution in [2.45, 2.75) is 40.5 Å². The number of carbonyl (C=O) groups is 1. The number of aromatic nitrogens is 2. The minimum Gasteiger partial charge on any atom is -0.355 e. The van der Waals surface area contributed by atoms with Gasteiger partial charge < -0.3 is 4.90 Å². The lowest BCUT2D eigenvalue weighted by Gasteiger charge is -2.36. The Morgan fingerprint density at radius 3 is 2.65 bits per heavy atom. The summed E-state index contributed by atoms with van der Waals surface area (Å²) in [6.45, 7) is 10.7. The minimum atomic E-state index is -0.157. The zero-order valence-electron chi connectivity index (χ0n) is 18.4. The average Bonchev–Trinajstić information content (AvgIpc) is 2.97. The molecule has 0 saturated carbocycles. The molecule has 2 aromatic heterocycles. The van der Waals surface area contributed by atoms with Crippen LogP contribution in [0.4, 0.5) is 5.82 Å². The second-order valence-electron chi connectivity index (χ2n) is 8.72. The number of rotatable bonds is 4. The molecule has 2 aliphatic rings. The van der Waals surface area contributed by atoms with Crippen LogP contribution in [0.15, 0.2) is 28.0 Å². The van der Waals surface area contributed by atoms with Gasteiger partial charge in [0, 0.05) is 25.8 Å². The number of pyridine rings is 1. The topological polar surface area (TPSA) is 57.9 Å². The summed E-state index contributed by atoms with van der Waals surface area (Å²) in [5, 5.41) is 0. The van der Waals surface area contributed by atoms with E-state index in [4.69, 9.17) is 17.2 Å². The first-order valence-electron chi connectivity index (χ1n) is 10.8. The lowest BCUT2D eigenvalue weighted by atomic mass is 9.91. The summed E-state index contributed by atoms with van der Waals surface area (Å²) < 4.78 is 2.12. The third-order valence-corrected chi connectivity index (χ3v) is 7.21.